The van der Waals surface area contributed by atoms with Crippen LogP contribution in [0.1, 0.15) is 19.8 Å². The van der Waals surface area contributed by atoms with Crippen LogP contribution in [-0.4, -0.2) is 35.7 Å². The highest BCUT2D eigenvalue weighted by atomic mass is 16.7. The zero-order chi connectivity index (χ0) is 12.0. The van der Waals surface area contributed by atoms with E-state index in [9.17, 15) is 9.59 Å². The molecule has 3 aliphatic heterocycles. The summed E-state index contributed by atoms with van der Waals surface area (Å²) in [7, 11) is 0. The van der Waals surface area contributed by atoms with Gasteiger partial charge in [0.15, 0.2) is 0 Å². The monoisotopic (exact) mass is 237 g/mol. The predicted molar refractivity (Wildman–Crippen MR) is 57.5 cm³/mol. The molecule has 92 valence electrons. The Morgan fingerprint density at radius 3 is 2.35 bits per heavy atom. The van der Waals surface area contributed by atoms with Crippen molar-refractivity contribution in [3.8, 4) is 0 Å². The summed E-state index contributed by atoms with van der Waals surface area (Å²) in [4.78, 5) is 29.4. The number of carbonyl (C=O) groups excluding carboxylic acids is 2. The van der Waals surface area contributed by atoms with E-state index in [1.165, 1.54) is 0 Å². The number of fused-ring (bicyclic) bond motifs is 5. The number of hydrogen-bond donors (Lipinski definition) is 0. The van der Waals surface area contributed by atoms with Gasteiger partial charge in [0.1, 0.15) is 0 Å². The van der Waals surface area contributed by atoms with Crippen molar-refractivity contribution < 1.29 is 19.2 Å². The quantitative estimate of drug-likeness (QED) is 0.409. The number of imide groups is 1. The van der Waals surface area contributed by atoms with Crippen molar-refractivity contribution in [2.45, 2.75) is 32.0 Å². The molecular weight excluding hydrogens is 222 g/mol. The highest BCUT2D eigenvalue weighted by Crippen LogP contribution is 2.45. The number of unbranched alkanes of at least 4 members (excludes halogenated alkanes) is 1. The van der Waals surface area contributed by atoms with Crippen LogP contribution in [0.2, 0.25) is 0 Å². The van der Waals surface area contributed by atoms with E-state index in [1.54, 1.807) is 0 Å². The maximum Gasteiger partial charge on any atom is 0.260 e. The van der Waals surface area contributed by atoms with Gasteiger partial charge in [0.05, 0.1) is 30.7 Å². The van der Waals surface area contributed by atoms with E-state index >= 15 is 0 Å². The van der Waals surface area contributed by atoms with Crippen molar-refractivity contribution in [1.29, 1.82) is 0 Å². The molecule has 0 radical (unpaired) electrons. The Balaban J connectivity index is 1.74. The third kappa shape index (κ3) is 1.46. The highest BCUT2D eigenvalue weighted by molar-refractivity contribution is 6.05. The average Bonchev–Trinajstić information content (AvgIpc) is 2.97. The molecule has 2 bridgehead atoms. The summed E-state index contributed by atoms with van der Waals surface area (Å²) in [5, 5.41) is 0.959. The van der Waals surface area contributed by atoms with Gasteiger partial charge in [0, 0.05) is 0 Å². The number of amides is 2. The van der Waals surface area contributed by atoms with E-state index < -0.39 is 0 Å². The van der Waals surface area contributed by atoms with Crippen LogP contribution in [0.3, 0.4) is 0 Å². The van der Waals surface area contributed by atoms with Crippen molar-refractivity contribution in [2.75, 3.05) is 6.61 Å². The second-order valence-electron chi connectivity index (χ2n) is 4.66. The lowest BCUT2D eigenvalue weighted by Gasteiger charge is -2.16. The first-order valence-electron chi connectivity index (χ1n) is 6.08. The summed E-state index contributed by atoms with van der Waals surface area (Å²) in [5.41, 5.74) is 0. The van der Waals surface area contributed by atoms with E-state index in [0.29, 0.717) is 6.61 Å². The fraction of sp³-hybridized carbons (Fsp3) is 0.667. The SMILES string of the molecule is CCCCON1C(=O)[C@@H]2[C@@H](C1=O)[C@H]1C=C[C@H]2O1. The van der Waals surface area contributed by atoms with Crippen LogP contribution >= 0.6 is 0 Å². The standard InChI is InChI=1S/C12H15NO4/c1-2-3-6-16-13-11(14)9-7-4-5-8(17-7)10(9)12(13)15/h4-5,7-10H,2-3,6H2,1H3/t7-,8-,9+,10+/m1/s1. The number of rotatable bonds is 4. The molecule has 0 aromatic carbocycles. The van der Waals surface area contributed by atoms with Gasteiger partial charge in [-0.25, -0.2) is 0 Å². The van der Waals surface area contributed by atoms with E-state index in [1.807, 2.05) is 19.1 Å². The second-order valence-corrected chi connectivity index (χ2v) is 4.66. The van der Waals surface area contributed by atoms with Crippen LogP contribution in [0.15, 0.2) is 12.2 Å². The van der Waals surface area contributed by atoms with Gasteiger partial charge in [-0.3, -0.25) is 14.4 Å². The molecule has 0 unspecified atom stereocenters. The molecule has 4 atom stereocenters. The molecule has 0 aromatic heterocycles. The minimum atomic E-state index is -0.362. The Hall–Kier alpha value is -1.20. The maximum absolute atomic E-state index is 12.0. The summed E-state index contributed by atoms with van der Waals surface area (Å²) in [5.74, 6) is -1.21. The van der Waals surface area contributed by atoms with Crippen LogP contribution in [0.5, 0.6) is 0 Å². The Morgan fingerprint density at radius 2 is 1.82 bits per heavy atom. The molecule has 17 heavy (non-hydrogen) atoms. The van der Waals surface area contributed by atoms with Crippen molar-refractivity contribution in [3.05, 3.63) is 12.2 Å². The Bertz CT molecular complexity index is 362. The molecule has 2 amide bonds. The van der Waals surface area contributed by atoms with Crippen molar-refractivity contribution in [2.24, 2.45) is 11.8 Å². The van der Waals surface area contributed by atoms with Gasteiger partial charge in [-0.1, -0.05) is 25.5 Å². The van der Waals surface area contributed by atoms with Crippen LogP contribution < -0.4 is 0 Å². The lowest BCUT2D eigenvalue weighted by molar-refractivity contribution is -0.192. The van der Waals surface area contributed by atoms with Gasteiger partial charge >= 0.3 is 0 Å². The molecule has 3 rings (SSSR count). The minimum Gasteiger partial charge on any atom is -0.365 e. The van der Waals surface area contributed by atoms with Crippen molar-refractivity contribution >= 4 is 11.8 Å². The number of hydroxylamine groups is 2. The molecule has 2 fully saturated rings. The second kappa shape index (κ2) is 3.92. The largest absolute Gasteiger partial charge is 0.365 e. The van der Waals surface area contributed by atoms with Crippen LogP contribution in [0.4, 0.5) is 0 Å². The molecule has 2 saturated heterocycles. The predicted octanol–water partition coefficient (Wildman–Crippen LogP) is 0.656. The maximum atomic E-state index is 12.0. The lowest BCUT2D eigenvalue weighted by atomic mass is 9.85. The van der Waals surface area contributed by atoms with Crippen molar-refractivity contribution in [3.63, 3.8) is 0 Å². The van der Waals surface area contributed by atoms with E-state index in [2.05, 4.69) is 0 Å². The zero-order valence-corrected chi connectivity index (χ0v) is 9.67. The van der Waals surface area contributed by atoms with Gasteiger partial charge in [0.25, 0.3) is 11.8 Å². The Labute approximate surface area is 99.3 Å². The van der Waals surface area contributed by atoms with E-state index in [-0.39, 0.29) is 35.9 Å². The summed E-state index contributed by atoms with van der Waals surface area (Å²) in [6, 6.07) is 0. The van der Waals surface area contributed by atoms with Crippen LogP contribution in [0, 0.1) is 11.8 Å². The van der Waals surface area contributed by atoms with Gasteiger partial charge in [-0.15, -0.1) is 0 Å². The minimum absolute atomic E-state index is 0.235. The smallest absolute Gasteiger partial charge is 0.260 e. The molecule has 5 nitrogen and oxygen atoms in total. The van der Waals surface area contributed by atoms with Crippen LogP contribution in [0.25, 0.3) is 0 Å². The summed E-state index contributed by atoms with van der Waals surface area (Å²) >= 11 is 0. The normalized spacial score (nSPS) is 38.3. The van der Waals surface area contributed by atoms with Crippen molar-refractivity contribution in [1.82, 2.24) is 5.06 Å². The first kappa shape index (κ1) is 10.9. The molecule has 0 saturated carbocycles. The first-order chi connectivity index (χ1) is 8.24. The molecule has 0 aromatic rings. The fourth-order valence-electron chi connectivity index (χ4n) is 2.70. The molecular formula is C12H15NO4. The number of hydrogen-bond acceptors (Lipinski definition) is 4. The zero-order valence-electron chi connectivity index (χ0n) is 9.67. The van der Waals surface area contributed by atoms with Crippen LogP contribution in [-0.2, 0) is 19.2 Å². The van der Waals surface area contributed by atoms with Gasteiger partial charge in [-0.2, -0.15) is 5.06 Å². The molecule has 5 heteroatoms. The Morgan fingerprint density at radius 1 is 1.24 bits per heavy atom. The summed E-state index contributed by atoms with van der Waals surface area (Å²) in [6.45, 7) is 2.45. The molecule has 3 heterocycles. The van der Waals surface area contributed by atoms with Gasteiger partial charge < -0.3 is 4.74 Å². The number of ether oxygens (including phenoxy) is 1. The average molecular weight is 237 g/mol. The third-order valence-electron chi connectivity index (χ3n) is 3.59. The van der Waals surface area contributed by atoms with Gasteiger partial charge in [-0.05, 0) is 6.42 Å². The number of nitrogens with zero attached hydrogens (tertiary/aromatic N) is 1. The topological polar surface area (TPSA) is 55.8 Å². The third-order valence-corrected chi connectivity index (χ3v) is 3.59. The number of carbonyl (C=O) groups is 2. The molecule has 3 aliphatic rings. The lowest BCUT2D eigenvalue weighted by Crippen LogP contribution is -2.34. The van der Waals surface area contributed by atoms with E-state index in [0.717, 1.165) is 17.9 Å². The van der Waals surface area contributed by atoms with E-state index in [4.69, 9.17) is 9.57 Å². The molecule has 0 spiro atoms. The molecule has 0 aliphatic carbocycles. The fourth-order valence-corrected chi connectivity index (χ4v) is 2.70. The molecule has 0 N–H and O–H groups in total. The van der Waals surface area contributed by atoms with Gasteiger partial charge in [0.2, 0.25) is 0 Å². The Kier molecular flexibility index (Phi) is 2.52. The first-order valence-corrected chi connectivity index (χ1v) is 6.08. The highest BCUT2D eigenvalue weighted by Gasteiger charge is 2.61. The summed E-state index contributed by atoms with van der Waals surface area (Å²) < 4.78 is 5.52. The summed E-state index contributed by atoms with van der Waals surface area (Å²) in [6.07, 6.45) is 5.08.